The Bertz CT molecular complexity index is 706. The molecule has 2 aliphatic rings. The topological polar surface area (TPSA) is 72.5 Å². The van der Waals surface area contributed by atoms with Gasteiger partial charge in [0.05, 0.1) is 18.7 Å². The van der Waals surface area contributed by atoms with Crippen LogP contribution >= 0.6 is 0 Å². The van der Waals surface area contributed by atoms with Crippen molar-refractivity contribution in [3.63, 3.8) is 0 Å². The molecule has 2 N–H and O–H groups in total. The van der Waals surface area contributed by atoms with Gasteiger partial charge >= 0.3 is 0 Å². The number of aromatic amines is 1. The minimum absolute atomic E-state index is 0.102. The lowest BCUT2D eigenvalue weighted by Crippen LogP contribution is -2.39. The number of piperidine rings is 1. The van der Waals surface area contributed by atoms with Gasteiger partial charge in [-0.1, -0.05) is 12.1 Å². The molecule has 1 aromatic carbocycles. The van der Waals surface area contributed by atoms with Crippen molar-refractivity contribution in [2.24, 2.45) is 5.92 Å². The van der Waals surface area contributed by atoms with Crippen LogP contribution in [0.3, 0.4) is 0 Å². The van der Waals surface area contributed by atoms with Crippen molar-refractivity contribution >= 4 is 11.6 Å². The molecular formula is C19H24N4O2. The molecule has 2 aromatic rings. The van der Waals surface area contributed by atoms with E-state index in [2.05, 4.69) is 39.4 Å². The summed E-state index contributed by atoms with van der Waals surface area (Å²) in [5.41, 5.74) is 3.51. The Kier molecular flexibility index (Phi) is 4.44. The molecule has 0 saturated carbocycles. The van der Waals surface area contributed by atoms with Gasteiger partial charge in [0, 0.05) is 43.6 Å². The van der Waals surface area contributed by atoms with Gasteiger partial charge in [-0.3, -0.25) is 9.89 Å². The molecule has 25 heavy (non-hydrogen) atoms. The highest BCUT2D eigenvalue weighted by atomic mass is 16.3. The summed E-state index contributed by atoms with van der Waals surface area (Å²) >= 11 is 0. The molecule has 4 rings (SSSR count). The lowest BCUT2D eigenvalue weighted by Gasteiger charge is -2.35. The molecule has 0 unspecified atom stereocenters. The van der Waals surface area contributed by atoms with Crippen molar-refractivity contribution in [2.45, 2.75) is 25.4 Å². The Morgan fingerprint density at radius 3 is 2.52 bits per heavy atom. The number of anilines is 1. The Morgan fingerprint density at radius 2 is 1.92 bits per heavy atom. The van der Waals surface area contributed by atoms with Crippen LogP contribution in [0.2, 0.25) is 0 Å². The van der Waals surface area contributed by atoms with E-state index in [1.807, 2.05) is 17.3 Å². The van der Waals surface area contributed by atoms with E-state index >= 15 is 0 Å². The molecule has 3 heterocycles. The number of aliphatic hydroxyl groups is 1. The molecule has 1 amide bonds. The van der Waals surface area contributed by atoms with Gasteiger partial charge < -0.3 is 14.9 Å². The van der Waals surface area contributed by atoms with Gasteiger partial charge in [-0.2, -0.15) is 5.10 Å². The number of H-pyrrole nitrogens is 1. The fourth-order valence-electron chi connectivity index (χ4n) is 3.89. The Morgan fingerprint density at radius 1 is 1.16 bits per heavy atom. The Hall–Kier alpha value is -2.34. The number of amides is 1. The molecule has 0 bridgehead atoms. The van der Waals surface area contributed by atoms with Crippen molar-refractivity contribution in [2.75, 3.05) is 31.1 Å². The smallest absolute Gasteiger partial charge is 0.225 e. The number of carbonyl (C=O) groups is 1. The van der Waals surface area contributed by atoms with E-state index in [1.54, 1.807) is 0 Å². The van der Waals surface area contributed by atoms with Crippen LogP contribution in [0.1, 0.15) is 19.3 Å². The number of β-amino-alcohol motifs (C(OH)–C–C–N with tert-alkyl or cyclic N) is 1. The van der Waals surface area contributed by atoms with Crippen molar-refractivity contribution in [3.05, 3.63) is 36.7 Å². The molecular weight excluding hydrogens is 316 g/mol. The molecule has 2 saturated heterocycles. The average molecular weight is 340 g/mol. The number of aliphatic hydroxyl groups excluding tert-OH is 1. The van der Waals surface area contributed by atoms with Crippen LogP contribution in [0.4, 0.5) is 5.69 Å². The zero-order chi connectivity index (χ0) is 17.2. The standard InChI is InChI=1S/C19H24N4O2/c24-18-9-19(25)23(13-18)12-14-5-7-22(8-6-14)17-3-1-15(2-4-17)16-10-20-21-11-16/h1-4,10-11,14,18,24H,5-9,12-13H2,(H,20,21)/t18-/m1/s1. The lowest BCUT2D eigenvalue weighted by atomic mass is 9.95. The van der Waals surface area contributed by atoms with E-state index < -0.39 is 6.10 Å². The zero-order valence-electron chi connectivity index (χ0n) is 14.3. The molecule has 2 fully saturated rings. The first-order chi connectivity index (χ1) is 12.2. The van der Waals surface area contributed by atoms with Crippen LogP contribution in [-0.4, -0.2) is 58.4 Å². The van der Waals surface area contributed by atoms with Crippen molar-refractivity contribution in [1.29, 1.82) is 0 Å². The first-order valence-corrected chi connectivity index (χ1v) is 8.99. The molecule has 1 aromatic heterocycles. The third kappa shape index (κ3) is 3.54. The Balaban J connectivity index is 1.32. The van der Waals surface area contributed by atoms with Gasteiger partial charge in [0.25, 0.3) is 0 Å². The van der Waals surface area contributed by atoms with Crippen molar-refractivity contribution < 1.29 is 9.90 Å². The number of rotatable bonds is 4. The minimum Gasteiger partial charge on any atom is -0.391 e. The van der Waals surface area contributed by atoms with Crippen LogP contribution in [-0.2, 0) is 4.79 Å². The maximum absolute atomic E-state index is 11.8. The summed E-state index contributed by atoms with van der Waals surface area (Å²) in [6.45, 7) is 3.33. The summed E-state index contributed by atoms with van der Waals surface area (Å²) in [7, 11) is 0. The number of carbonyl (C=O) groups excluding carboxylic acids is 1. The summed E-state index contributed by atoms with van der Waals surface area (Å²) in [6, 6.07) is 8.61. The summed E-state index contributed by atoms with van der Waals surface area (Å²) in [5.74, 6) is 0.639. The molecule has 2 aliphatic heterocycles. The number of hydrogen-bond donors (Lipinski definition) is 2. The maximum atomic E-state index is 11.8. The van der Waals surface area contributed by atoms with Crippen molar-refractivity contribution in [3.8, 4) is 11.1 Å². The van der Waals surface area contributed by atoms with Crippen LogP contribution < -0.4 is 4.90 Å². The highest BCUT2D eigenvalue weighted by Crippen LogP contribution is 2.27. The number of hydrogen-bond acceptors (Lipinski definition) is 4. The molecule has 6 nitrogen and oxygen atoms in total. The maximum Gasteiger partial charge on any atom is 0.225 e. The summed E-state index contributed by atoms with van der Waals surface area (Å²) in [4.78, 5) is 16.1. The number of nitrogens with zero attached hydrogens (tertiary/aromatic N) is 3. The highest BCUT2D eigenvalue weighted by molar-refractivity contribution is 5.79. The third-order valence-corrected chi connectivity index (χ3v) is 5.35. The Labute approximate surface area is 147 Å². The molecule has 6 heteroatoms. The predicted molar refractivity (Wildman–Crippen MR) is 96.2 cm³/mol. The molecule has 0 aliphatic carbocycles. The van der Waals surface area contributed by atoms with Gasteiger partial charge in [-0.05, 0) is 36.5 Å². The third-order valence-electron chi connectivity index (χ3n) is 5.35. The SMILES string of the molecule is O=C1C[C@@H](O)CN1CC1CCN(c2ccc(-c3cn[nH]c3)cc2)CC1. The first kappa shape index (κ1) is 16.1. The lowest BCUT2D eigenvalue weighted by molar-refractivity contribution is -0.128. The second-order valence-corrected chi connectivity index (χ2v) is 7.12. The minimum atomic E-state index is -0.471. The summed E-state index contributed by atoms with van der Waals surface area (Å²) in [6.07, 6.45) is 5.73. The number of aromatic nitrogens is 2. The number of likely N-dealkylation sites (tertiary alicyclic amines) is 1. The fraction of sp³-hybridized carbons (Fsp3) is 0.474. The predicted octanol–water partition coefficient (Wildman–Crippen LogP) is 1.89. The van der Waals surface area contributed by atoms with Crippen LogP contribution in [0.5, 0.6) is 0 Å². The molecule has 0 radical (unpaired) electrons. The normalized spacial score (nSPS) is 22.0. The van der Waals surface area contributed by atoms with Gasteiger partial charge in [0.1, 0.15) is 0 Å². The van der Waals surface area contributed by atoms with E-state index in [1.165, 1.54) is 11.3 Å². The molecule has 0 spiro atoms. The quantitative estimate of drug-likeness (QED) is 0.891. The fourth-order valence-corrected chi connectivity index (χ4v) is 3.89. The summed E-state index contributed by atoms with van der Waals surface area (Å²) < 4.78 is 0. The number of benzene rings is 1. The second kappa shape index (κ2) is 6.88. The highest BCUT2D eigenvalue weighted by Gasteiger charge is 2.30. The monoisotopic (exact) mass is 340 g/mol. The van der Waals surface area contributed by atoms with Crippen LogP contribution in [0.15, 0.2) is 36.7 Å². The zero-order valence-corrected chi connectivity index (χ0v) is 14.3. The second-order valence-electron chi connectivity index (χ2n) is 7.12. The first-order valence-electron chi connectivity index (χ1n) is 8.99. The van der Waals surface area contributed by atoms with Crippen LogP contribution in [0.25, 0.3) is 11.1 Å². The molecule has 132 valence electrons. The van der Waals surface area contributed by atoms with Crippen LogP contribution in [0, 0.1) is 5.92 Å². The van der Waals surface area contributed by atoms with E-state index in [4.69, 9.17) is 0 Å². The number of nitrogens with one attached hydrogen (secondary N) is 1. The van der Waals surface area contributed by atoms with Crippen molar-refractivity contribution in [1.82, 2.24) is 15.1 Å². The van der Waals surface area contributed by atoms with Gasteiger partial charge in [0.2, 0.25) is 5.91 Å². The average Bonchev–Trinajstić information content (AvgIpc) is 3.26. The van der Waals surface area contributed by atoms with Gasteiger partial charge in [-0.15, -0.1) is 0 Å². The largest absolute Gasteiger partial charge is 0.391 e. The van der Waals surface area contributed by atoms with E-state index in [0.717, 1.165) is 38.0 Å². The summed E-state index contributed by atoms with van der Waals surface area (Å²) in [5, 5.41) is 16.4. The van der Waals surface area contributed by atoms with E-state index in [-0.39, 0.29) is 5.91 Å². The van der Waals surface area contributed by atoms with Gasteiger partial charge in [0.15, 0.2) is 0 Å². The molecule has 1 atom stereocenters. The van der Waals surface area contributed by atoms with E-state index in [0.29, 0.717) is 18.9 Å². The van der Waals surface area contributed by atoms with E-state index in [9.17, 15) is 9.90 Å². The van der Waals surface area contributed by atoms with Gasteiger partial charge in [-0.25, -0.2) is 0 Å².